The third-order valence-electron chi connectivity index (χ3n) is 3.85. The summed E-state index contributed by atoms with van der Waals surface area (Å²) in [5.74, 6) is 0.952. The number of ether oxygens (including phenoxy) is 1. The number of piperidine rings is 1. The molecule has 4 nitrogen and oxygen atoms in total. The van der Waals surface area contributed by atoms with Gasteiger partial charge in [0.05, 0.1) is 11.6 Å². The van der Waals surface area contributed by atoms with Crippen molar-refractivity contribution in [2.75, 3.05) is 13.7 Å². The van der Waals surface area contributed by atoms with Crippen molar-refractivity contribution in [3.8, 4) is 5.75 Å². The molecule has 1 aromatic carbocycles. The Labute approximate surface area is 146 Å². The molecule has 2 atom stereocenters. The van der Waals surface area contributed by atoms with Crippen molar-refractivity contribution >= 4 is 34.2 Å². The third kappa shape index (κ3) is 5.78. The highest BCUT2D eigenvalue weighted by atomic mass is 79.9. The summed E-state index contributed by atoms with van der Waals surface area (Å²) in [7, 11) is 1.65. The molecule has 0 aliphatic carbocycles. The first-order chi connectivity index (χ1) is 10.1. The van der Waals surface area contributed by atoms with Crippen LogP contribution >= 0.6 is 28.3 Å². The molecule has 2 rings (SSSR count). The molecule has 1 aromatic rings. The summed E-state index contributed by atoms with van der Waals surface area (Å²) < 4.78 is 6.13. The molecule has 124 valence electrons. The van der Waals surface area contributed by atoms with Crippen LogP contribution in [0.3, 0.4) is 0 Å². The summed E-state index contributed by atoms with van der Waals surface area (Å²) >= 11 is 3.47. The van der Waals surface area contributed by atoms with Gasteiger partial charge in [-0.25, -0.2) is 0 Å². The SMILES string of the molecule is COc1ccc(CCC(=O)NC2CCNC(C)C2)cc1Br.Cl. The number of aryl methyl sites for hydroxylation is 1. The lowest BCUT2D eigenvalue weighted by Crippen LogP contribution is -2.46. The quantitative estimate of drug-likeness (QED) is 0.811. The van der Waals surface area contributed by atoms with Crippen LogP contribution in [0.15, 0.2) is 22.7 Å². The first kappa shape index (κ1) is 19.3. The maximum absolute atomic E-state index is 12.0. The lowest BCUT2D eigenvalue weighted by Gasteiger charge is -2.28. The number of hydrogen-bond donors (Lipinski definition) is 2. The van der Waals surface area contributed by atoms with E-state index in [1.807, 2.05) is 18.2 Å². The van der Waals surface area contributed by atoms with Gasteiger partial charge in [0.2, 0.25) is 5.91 Å². The third-order valence-corrected chi connectivity index (χ3v) is 4.47. The van der Waals surface area contributed by atoms with Crippen LogP contribution in [-0.2, 0) is 11.2 Å². The van der Waals surface area contributed by atoms with Crippen LogP contribution in [-0.4, -0.2) is 31.6 Å². The standard InChI is InChI=1S/C16H23BrN2O2.ClH/c1-11-9-13(7-8-18-11)19-16(20)6-4-12-3-5-15(21-2)14(17)10-12;/h3,5,10-11,13,18H,4,6-9H2,1-2H3,(H,19,20);1H. The molecule has 0 aromatic heterocycles. The molecule has 2 N–H and O–H groups in total. The second-order valence-electron chi connectivity index (χ2n) is 5.61. The average molecular weight is 392 g/mol. The number of amides is 1. The minimum absolute atomic E-state index is 0. The van der Waals surface area contributed by atoms with E-state index in [1.54, 1.807) is 7.11 Å². The average Bonchev–Trinajstić information content (AvgIpc) is 2.45. The fraction of sp³-hybridized carbons (Fsp3) is 0.562. The minimum atomic E-state index is 0. The Morgan fingerprint density at radius 3 is 2.91 bits per heavy atom. The summed E-state index contributed by atoms with van der Waals surface area (Å²) in [4.78, 5) is 12.0. The number of hydrogen-bond acceptors (Lipinski definition) is 3. The Morgan fingerprint density at radius 1 is 1.50 bits per heavy atom. The van der Waals surface area contributed by atoms with Gasteiger partial charge in [-0.15, -0.1) is 12.4 Å². The molecule has 1 aliphatic heterocycles. The summed E-state index contributed by atoms with van der Waals surface area (Å²) in [6.45, 7) is 3.14. The summed E-state index contributed by atoms with van der Waals surface area (Å²) in [6, 6.07) is 6.74. The number of methoxy groups -OCH3 is 1. The molecule has 6 heteroatoms. The van der Waals surface area contributed by atoms with E-state index in [-0.39, 0.29) is 18.3 Å². The van der Waals surface area contributed by atoms with E-state index in [9.17, 15) is 4.79 Å². The first-order valence-electron chi connectivity index (χ1n) is 7.43. The van der Waals surface area contributed by atoms with Gasteiger partial charge in [-0.1, -0.05) is 6.07 Å². The van der Waals surface area contributed by atoms with E-state index in [4.69, 9.17) is 4.74 Å². The first-order valence-corrected chi connectivity index (χ1v) is 8.23. The molecule has 0 radical (unpaired) electrons. The van der Waals surface area contributed by atoms with E-state index in [2.05, 4.69) is 33.5 Å². The van der Waals surface area contributed by atoms with Gasteiger partial charge in [0.25, 0.3) is 0 Å². The zero-order valence-electron chi connectivity index (χ0n) is 13.0. The minimum Gasteiger partial charge on any atom is -0.496 e. The summed E-state index contributed by atoms with van der Waals surface area (Å²) in [5.41, 5.74) is 1.14. The van der Waals surface area contributed by atoms with Gasteiger partial charge in [0, 0.05) is 18.5 Å². The molecular formula is C16H24BrClN2O2. The lowest BCUT2D eigenvalue weighted by atomic mass is 10.0. The molecule has 1 fully saturated rings. The molecule has 0 bridgehead atoms. The van der Waals surface area contributed by atoms with Gasteiger partial charge in [0.15, 0.2) is 0 Å². The van der Waals surface area contributed by atoms with E-state index in [0.717, 1.165) is 41.6 Å². The molecule has 2 unspecified atom stereocenters. The van der Waals surface area contributed by atoms with Gasteiger partial charge in [-0.2, -0.15) is 0 Å². The zero-order valence-corrected chi connectivity index (χ0v) is 15.4. The fourth-order valence-electron chi connectivity index (χ4n) is 2.69. The predicted octanol–water partition coefficient (Wildman–Crippen LogP) is 3.07. The molecule has 0 spiro atoms. The van der Waals surface area contributed by atoms with E-state index >= 15 is 0 Å². The van der Waals surface area contributed by atoms with E-state index in [0.29, 0.717) is 18.5 Å². The van der Waals surface area contributed by atoms with Crippen LogP contribution in [0, 0.1) is 0 Å². The highest BCUT2D eigenvalue weighted by molar-refractivity contribution is 9.10. The largest absolute Gasteiger partial charge is 0.496 e. The molecule has 1 amide bonds. The molecule has 1 aliphatic rings. The highest BCUT2D eigenvalue weighted by Crippen LogP contribution is 2.25. The van der Waals surface area contributed by atoms with Crippen molar-refractivity contribution in [3.05, 3.63) is 28.2 Å². The Balaban J connectivity index is 0.00000242. The maximum Gasteiger partial charge on any atom is 0.220 e. The van der Waals surface area contributed by atoms with Crippen LogP contribution in [0.4, 0.5) is 0 Å². The van der Waals surface area contributed by atoms with Crippen molar-refractivity contribution in [3.63, 3.8) is 0 Å². The zero-order chi connectivity index (χ0) is 15.2. The topological polar surface area (TPSA) is 50.4 Å². The Bertz CT molecular complexity index is 499. The molecule has 0 saturated carbocycles. The number of rotatable bonds is 5. The van der Waals surface area contributed by atoms with Crippen molar-refractivity contribution in [1.29, 1.82) is 0 Å². The predicted molar refractivity (Wildman–Crippen MR) is 94.9 cm³/mol. The normalized spacial score (nSPS) is 20.9. The number of benzene rings is 1. The maximum atomic E-state index is 12.0. The molecule has 22 heavy (non-hydrogen) atoms. The second kappa shape index (κ2) is 9.38. The van der Waals surface area contributed by atoms with Gasteiger partial charge >= 0.3 is 0 Å². The van der Waals surface area contributed by atoms with Gasteiger partial charge in [0.1, 0.15) is 5.75 Å². The van der Waals surface area contributed by atoms with Crippen LogP contribution in [0.1, 0.15) is 31.7 Å². The van der Waals surface area contributed by atoms with Crippen LogP contribution in [0.2, 0.25) is 0 Å². The van der Waals surface area contributed by atoms with Gasteiger partial charge in [-0.05, 0) is 66.4 Å². The van der Waals surface area contributed by atoms with Crippen molar-refractivity contribution < 1.29 is 9.53 Å². The molecule has 1 heterocycles. The number of halogens is 2. The smallest absolute Gasteiger partial charge is 0.220 e. The fourth-order valence-corrected chi connectivity index (χ4v) is 3.27. The van der Waals surface area contributed by atoms with Crippen molar-refractivity contribution in [2.45, 2.75) is 44.7 Å². The van der Waals surface area contributed by atoms with E-state index in [1.165, 1.54) is 0 Å². The molecule has 1 saturated heterocycles. The van der Waals surface area contributed by atoms with Gasteiger partial charge in [-0.3, -0.25) is 4.79 Å². The Morgan fingerprint density at radius 2 is 2.27 bits per heavy atom. The van der Waals surface area contributed by atoms with Crippen LogP contribution < -0.4 is 15.4 Å². The number of carbonyl (C=O) groups is 1. The summed E-state index contributed by atoms with van der Waals surface area (Å²) in [6.07, 6.45) is 3.30. The van der Waals surface area contributed by atoms with Crippen LogP contribution in [0.25, 0.3) is 0 Å². The van der Waals surface area contributed by atoms with E-state index < -0.39 is 0 Å². The highest BCUT2D eigenvalue weighted by Gasteiger charge is 2.19. The second-order valence-corrected chi connectivity index (χ2v) is 6.47. The Hall–Kier alpha value is -0.780. The monoisotopic (exact) mass is 390 g/mol. The number of nitrogens with one attached hydrogen (secondary N) is 2. The lowest BCUT2D eigenvalue weighted by molar-refractivity contribution is -0.122. The summed E-state index contributed by atoms with van der Waals surface area (Å²) in [5, 5.41) is 6.53. The molecular weight excluding hydrogens is 368 g/mol. The van der Waals surface area contributed by atoms with Crippen LogP contribution in [0.5, 0.6) is 5.75 Å². The number of carbonyl (C=O) groups excluding carboxylic acids is 1. The Kier molecular flexibility index (Phi) is 8.21. The van der Waals surface area contributed by atoms with Crippen molar-refractivity contribution in [1.82, 2.24) is 10.6 Å². The van der Waals surface area contributed by atoms with Gasteiger partial charge < -0.3 is 15.4 Å². The van der Waals surface area contributed by atoms with Crippen molar-refractivity contribution in [2.24, 2.45) is 0 Å².